The number of pyridine rings is 1. The fourth-order valence-electron chi connectivity index (χ4n) is 3.21. The minimum Gasteiger partial charge on any atom is -0.378 e. The zero-order valence-electron chi connectivity index (χ0n) is 14.3. The van der Waals surface area contributed by atoms with Crippen LogP contribution < -0.4 is 4.90 Å². The average molecular weight is 347 g/mol. The van der Waals surface area contributed by atoms with Gasteiger partial charge in [0, 0.05) is 19.3 Å². The molecule has 0 spiro atoms. The Kier molecular flexibility index (Phi) is 3.49. The van der Waals surface area contributed by atoms with E-state index in [1.165, 1.54) is 0 Å². The number of ether oxygens (including phenoxy) is 1. The lowest BCUT2D eigenvalue weighted by Gasteiger charge is -2.28. The first-order chi connectivity index (χ1) is 12.8. The molecule has 0 unspecified atom stereocenters. The van der Waals surface area contributed by atoms with Crippen molar-refractivity contribution in [2.24, 2.45) is 0 Å². The molecule has 0 radical (unpaired) electrons. The Bertz CT molecular complexity index is 1100. The van der Waals surface area contributed by atoms with E-state index in [1.807, 2.05) is 37.3 Å². The third-order valence-electron chi connectivity index (χ3n) is 4.53. The van der Waals surface area contributed by atoms with Gasteiger partial charge in [-0.2, -0.15) is 9.67 Å². The Morgan fingerprint density at radius 1 is 1.04 bits per heavy atom. The molecule has 26 heavy (non-hydrogen) atoms. The van der Waals surface area contributed by atoms with Gasteiger partial charge in [-0.1, -0.05) is 11.3 Å². The normalized spacial score (nSPS) is 15.0. The van der Waals surface area contributed by atoms with Crippen molar-refractivity contribution in [3.63, 3.8) is 0 Å². The van der Waals surface area contributed by atoms with Crippen molar-refractivity contribution in [3.05, 3.63) is 42.1 Å². The molecule has 0 bridgehead atoms. The molecule has 3 aromatic heterocycles. The summed E-state index contributed by atoms with van der Waals surface area (Å²) in [6.45, 7) is 4.95. The van der Waals surface area contributed by atoms with Gasteiger partial charge >= 0.3 is 0 Å². The first-order valence-corrected chi connectivity index (χ1v) is 8.57. The van der Waals surface area contributed by atoms with Gasteiger partial charge in [0.25, 0.3) is 5.95 Å². The van der Waals surface area contributed by atoms with Gasteiger partial charge in [-0.3, -0.25) is 4.98 Å². The fourth-order valence-corrected chi connectivity index (χ4v) is 3.21. The number of hydrogen-bond acceptors (Lipinski definition) is 7. The molecule has 0 amide bonds. The van der Waals surface area contributed by atoms with Crippen LogP contribution in [0.1, 0.15) is 5.56 Å². The highest BCUT2D eigenvalue weighted by molar-refractivity contribution is 5.86. The van der Waals surface area contributed by atoms with Gasteiger partial charge in [0.2, 0.25) is 0 Å². The second-order valence-electron chi connectivity index (χ2n) is 6.31. The SMILES string of the molecule is Cc1ccc2c(c1)nnn2-c1nc(N2CCOCC2)c2ncccc2n1. The predicted octanol–water partition coefficient (Wildman–Crippen LogP) is 1.90. The second-order valence-corrected chi connectivity index (χ2v) is 6.31. The van der Waals surface area contributed by atoms with Gasteiger partial charge in [0.15, 0.2) is 5.82 Å². The molecule has 4 aromatic rings. The van der Waals surface area contributed by atoms with Crippen LogP contribution in [-0.4, -0.2) is 56.2 Å². The summed E-state index contributed by atoms with van der Waals surface area (Å²) in [5.41, 5.74) is 4.43. The Balaban J connectivity index is 1.72. The summed E-state index contributed by atoms with van der Waals surface area (Å²) in [4.78, 5) is 16.2. The highest BCUT2D eigenvalue weighted by atomic mass is 16.5. The van der Waals surface area contributed by atoms with Gasteiger partial charge < -0.3 is 9.64 Å². The number of aryl methyl sites for hydroxylation is 1. The second kappa shape index (κ2) is 5.99. The number of morpholine rings is 1. The summed E-state index contributed by atoms with van der Waals surface area (Å²) < 4.78 is 7.16. The highest BCUT2D eigenvalue weighted by Crippen LogP contribution is 2.25. The molecule has 0 aliphatic carbocycles. The number of rotatable bonds is 2. The van der Waals surface area contributed by atoms with E-state index in [-0.39, 0.29) is 0 Å². The zero-order valence-corrected chi connectivity index (χ0v) is 14.3. The number of anilines is 1. The zero-order chi connectivity index (χ0) is 17.5. The van der Waals surface area contributed by atoms with Crippen LogP contribution in [-0.2, 0) is 4.74 Å². The number of aromatic nitrogens is 6. The van der Waals surface area contributed by atoms with Crippen LogP contribution >= 0.6 is 0 Å². The summed E-state index contributed by atoms with van der Waals surface area (Å²) in [5, 5.41) is 8.54. The quantitative estimate of drug-likeness (QED) is 0.548. The van der Waals surface area contributed by atoms with Gasteiger partial charge in [0.05, 0.1) is 24.2 Å². The van der Waals surface area contributed by atoms with Gasteiger partial charge in [-0.15, -0.1) is 5.10 Å². The largest absolute Gasteiger partial charge is 0.378 e. The van der Waals surface area contributed by atoms with Crippen LogP contribution in [0.25, 0.3) is 28.0 Å². The summed E-state index contributed by atoms with van der Waals surface area (Å²) in [5.74, 6) is 1.31. The molecule has 5 rings (SSSR count). The van der Waals surface area contributed by atoms with Crippen LogP contribution in [0.3, 0.4) is 0 Å². The van der Waals surface area contributed by atoms with E-state index in [9.17, 15) is 0 Å². The van der Waals surface area contributed by atoms with E-state index >= 15 is 0 Å². The maximum absolute atomic E-state index is 5.47. The molecule has 1 fully saturated rings. The molecule has 1 aromatic carbocycles. The lowest BCUT2D eigenvalue weighted by Crippen LogP contribution is -2.37. The van der Waals surface area contributed by atoms with Gasteiger partial charge in [-0.25, -0.2) is 4.98 Å². The van der Waals surface area contributed by atoms with Crippen LogP contribution in [0.15, 0.2) is 36.5 Å². The van der Waals surface area contributed by atoms with Crippen molar-refractivity contribution in [2.45, 2.75) is 6.92 Å². The monoisotopic (exact) mass is 347 g/mol. The van der Waals surface area contributed by atoms with Gasteiger partial charge in [-0.05, 0) is 36.8 Å². The standard InChI is InChI=1S/C18H17N7O/c1-12-4-5-15-14(11-12)22-23-25(15)18-20-13-3-2-6-19-16(13)17(21-18)24-7-9-26-10-8-24/h2-6,11H,7-10H2,1H3. The third kappa shape index (κ3) is 2.46. The third-order valence-corrected chi connectivity index (χ3v) is 4.53. The molecule has 8 nitrogen and oxygen atoms in total. The summed E-state index contributed by atoms with van der Waals surface area (Å²) in [7, 11) is 0. The van der Waals surface area contributed by atoms with Crippen molar-refractivity contribution in [2.75, 3.05) is 31.2 Å². The summed E-state index contributed by atoms with van der Waals surface area (Å²) in [6, 6.07) is 9.86. The molecule has 0 N–H and O–H groups in total. The van der Waals surface area contributed by atoms with E-state index in [0.717, 1.165) is 46.5 Å². The van der Waals surface area contributed by atoms with E-state index in [2.05, 4.69) is 25.2 Å². The Hall–Kier alpha value is -3.13. The van der Waals surface area contributed by atoms with Crippen molar-refractivity contribution in [1.82, 2.24) is 29.9 Å². The van der Waals surface area contributed by atoms with Crippen molar-refractivity contribution in [3.8, 4) is 5.95 Å². The summed E-state index contributed by atoms with van der Waals surface area (Å²) >= 11 is 0. The van der Waals surface area contributed by atoms with Gasteiger partial charge in [0.1, 0.15) is 11.0 Å². The lowest BCUT2D eigenvalue weighted by atomic mass is 10.2. The van der Waals surface area contributed by atoms with Crippen molar-refractivity contribution in [1.29, 1.82) is 0 Å². The maximum atomic E-state index is 5.47. The van der Waals surface area contributed by atoms with Crippen LogP contribution in [0.2, 0.25) is 0 Å². The maximum Gasteiger partial charge on any atom is 0.255 e. The Morgan fingerprint density at radius 2 is 1.92 bits per heavy atom. The first-order valence-electron chi connectivity index (χ1n) is 8.57. The summed E-state index contributed by atoms with van der Waals surface area (Å²) in [6.07, 6.45) is 1.77. The first kappa shape index (κ1) is 15.2. The van der Waals surface area contributed by atoms with Crippen molar-refractivity contribution >= 4 is 27.9 Å². The molecule has 0 saturated carbocycles. The molecule has 1 saturated heterocycles. The number of benzene rings is 1. The molecule has 4 heterocycles. The van der Waals surface area contributed by atoms with Crippen LogP contribution in [0.4, 0.5) is 5.82 Å². The highest BCUT2D eigenvalue weighted by Gasteiger charge is 2.20. The number of nitrogens with zero attached hydrogens (tertiary/aromatic N) is 7. The molecule has 0 atom stereocenters. The van der Waals surface area contributed by atoms with Crippen LogP contribution in [0, 0.1) is 6.92 Å². The van der Waals surface area contributed by atoms with E-state index in [1.54, 1.807) is 10.9 Å². The Labute approximate surface area is 149 Å². The smallest absolute Gasteiger partial charge is 0.255 e. The van der Waals surface area contributed by atoms with E-state index in [0.29, 0.717) is 19.2 Å². The predicted molar refractivity (Wildman–Crippen MR) is 97.5 cm³/mol. The lowest BCUT2D eigenvalue weighted by molar-refractivity contribution is 0.122. The average Bonchev–Trinajstić information content (AvgIpc) is 3.11. The molecule has 1 aliphatic rings. The fraction of sp³-hybridized carbons (Fsp3) is 0.278. The number of hydrogen-bond donors (Lipinski definition) is 0. The molecule has 1 aliphatic heterocycles. The van der Waals surface area contributed by atoms with Crippen LogP contribution in [0.5, 0.6) is 0 Å². The minimum absolute atomic E-state index is 0.498. The minimum atomic E-state index is 0.498. The van der Waals surface area contributed by atoms with Crippen molar-refractivity contribution < 1.29 is 4.74 Å². The molecule has 130 valence electrons. The topological polar surface area (TPSA) is 81.9 Å². The molecular weight excluding hydrogens is 330 g/mol. The molecule has 8 heteroatoms. The molecular formula is C18H17N7O. The number of fused-ring (bicyclic) bond motifs is 2. The van der Waals surface area contributed by atoms with E-state index < -0.39 is 0 Å². The Morgan fingerprint density at radius 3 is 2.81 bits per heavy atom. The van der Waals surface area contributed by atoms with E-state index in [4.69, 9.17) is 9.72 Å².